The zero-order valence-electron chi connectivity index (χ0n) is 11.4. The fourth-order valence-corrected chi connectivity index (χ4v) is 2.28. The second-order valence-electron chi connectivity index (χ2n) is 5.03. The molecule has 0 amide bonds. The first-order valence-electron chi connectivity index (χ1n) is 6.21. The van der Waals surface area contributed by atoms with Crippen molar-refractivity contribution >= 4 is 10.9 Å². The standard InChI is InChI=1S/C15H19NO2/c1-10(2)9-16-14(17)8-11(3)12-6-5-7-13(18-4)15(12)16/h5-8,10H,9H2,1-4H3. The van der Waals surface area contributed by atoms with E-state index in [0.29, 0.717) is 12.5 Å². The van der Waals surface area contributed by atoms with Crippen LogP contribution in [0.15, 0.2) is 29.1 Å². The molecule has 0 radical (unpaired) electrons. The molecule has 0 aliphatic carbocycles. The number of ether oxygens (including phenoxy) is 1. The molecule has 18 heavy (non-hydrogen) atoms. The van der Waals surface area contributed by atoms with Crippen LogP contribution in [0, 0.1) is 12.8 Å². The third-order valence-corrected chi connectivity index (χ3v) is 3.07. The van der Waals surface area contributed by atoms with Crippen molar-refractivity contribution < 1.29 is 4.74 Å². The van der Waals surface area contributed by atoms with Crippen LogP contribution in [0.5, 0.6) is 5.75 Å². The molecule has 0 saturated heterocycles. The van der Waals surface area contributed by atoms with Crippen molar-refractivity contribution in [3.63, 3.8) is 0 Å². The van der Waals surface area contributed by atoms with Crippen LogP contribution in [0.4, 0.5) is 0 Å². The Morgan fingerprint density at radius 3 is 2.67 bits per heavy atom. The fraction of sp³-hybridized carbons (Fsp3) is 0.400. The second-order valence-corrected chi connectivity index (χ2v) is 5.03. The predicted molar refractivity (Wildman–Crippen MR) is 74.3 cm³/mol. The maximum atomic E-state index is 12.2. The number of pyridine rings is 1. The maximum Gasteiger partial charge on any atom is 0.251 e. The summed E-state index contributed by atoms with van der Waals surface area (Å²) < 4.78 is 7.21. The molecule has 0 unspecified atom stereocenters. The number of para-hydroxylation sites is 1. The van der Waals surface area contributed by atoms with E-state index in [9.17, 15) is 4.79 Å². The van der Waals surface area contributed by atoms with Gasteiger partial charge in [0.05, 0.1) is 12.6 Å². The van der Waals surface area contributed by atoms with Gasteiger partial charge < -0.3 is 9.30 Å². The molecule has 2 aromatic rings. The molecule has 0 bridgehead atoms. The van der Waals surface area contributed by atoms with Crippen LogP contribution in [0.2, 0.25) is 0 Å². The van der Waals surface area contributed by atoms with E-state index in [0.717, 1.165) is 22.2 Å². The molecule has 0 N–H and O–H groups in total. The van der Waals surface area contributed by atoms with Crippen LogP contribution < -0.4 is 10.3 Å². The number of nitrogens with zero attached hydrogens (tertiary/aromatic N) is 1. The van der Waals surface area contributed by atoms with E-state index in [4.69, 9.17) is 4.74 Å². The molecule has 0 aliphatic rings. The quantitative estimate of drug-likeness (QED) is 0.832. The Morgan fingerprint density at radius 1 is 1.33 bits per heavy atom. The number of fused-ring (bicyclic) bond motifs is 1. The summed E-state index contributed by atoms with van der Waals surface area (Å²) in [6.45, 7) is 6.87. The number of aryl methyl sites for hydroxylation is 1. The van der Waals surface area contributed by atoms with Gasteiger partial charge in [0.1, 0.15) is 5.75 Å². The van der Waals surface area contributed by atoms with Gasteiger partial charge in [-0.15, -0.1) is 0 Å². The van der Waals surface area contributed by atoms with Gasteiger partial charge in [-0.25, -0.2) is 0 Å². The smallest absolute Gasteiger partial charge is 0.251 e. The Morgan fingerprint density at radius 2 is 2.06 bits per heavy atom. The van der Waals surface area contributed by atoms with E-state index in [1.807, 2.05) is 29.7 Å². The van der Waals surface area contributed by atoms with Gasteiger partial charge in [-0.1, -0.05) is 26.0 Å². The first-order valence-corrected chi connectivity index (χ1v) is 6.21. The first-order chi connectivity index (χ1) is 8.54. The molecule has 3 heteroatoms. The molecular weight excluding hydrogens is 226 g/mol. The van der Waals surface area contributed by atoms with E-state index < -0.39 is 0 Å². The van der Waals surface area contributed by atoms with E-state index in [1.54, 1.807) is 13.2 Å². The molecule has 1 aromatic heterocycles. The molecule has 0 fully saturated rings. The fourth-order valence-electron chi connectivity index (χ4n) is 2.28. The summed E-state index contributed by atoms with van der Waals surface area (Å²) in [6.07, 6.45) is 0. The van der Waals surface area contributed by atoms with Crippen LogP contribution in [0.25, 0.3) is 10.9 Å². The maximum absolute atomic E-state index is 12.2. The summed E-state index contributed by atoms with van der Waals surface area (Å²) in [4.78, 5) is 12.2. The van der Waals surface area contributed by atoms with E-state index in [1.165, 1.54) is 0 Å². The van der Waals surface area contributed by atoms with Crippen LogP contribution in [0.1, 0.15) is 19.4 Å². The lowest BCUT2D eigenvalue weighted by molar-refractivity contribution is 0.414. The lowest BCUT2D eigenvalue weighted by Gasteiger charge is -2.16. The number of hydrogen-bond donors (Lipinski definition) is 0. The molecular formula is C15H19NO2. The highest BCUT2D eigenvalue weighted by molar-refractivity contribution is 5.87. The Bertz CT molecular complexity index is 626. The van der Waals surface area contributed by atoms with Crippen molar-refractivity contribution in [3.8, 4) is 5.75 Å². The normalized spacial score (nSPS) is 11.2. The van der Waals surface area contributed by atoms with Crippen molar-refractivity contribution in [2.24, 2.45) is 5.92 Å². The van der Waals surface area contributed by atoms with Crippen molar-refractivity contribution in [2.75, 3.05) is 7.11 Å². The van der Waals surface area contributed by atoms with Crippen LogP contribution in [-0.2, 0) is 6.54 Å². The Labute approximate surface area is 107 Å². The van der Waals surface area contributed by atoms with Crippen molar-refractivity contribution in [1.29, 1.82) is 0 Å². The summed E-state index contributed by atoms with van der Waals surface area (Å²) in [5.74, 6) is 1.17. The summed E-state index contributed by atoms with van der Waals surface area (Å²) in [6, 6.07) is 7.59. The monoisotopic (exact) mass is 245 g/mol. The van der Waals surface area contributed by atoms with Gasteiger partial charge >= 0.3 is 0 Å². The summed E-state index contributed by atoms with van der Waals surface area (Å²) in [7, 11) is 1.64. The zero-order valence-corrected chi connectivity index (χ0v) is 11.4. The van der Waals surface area contributed by atoms with Gasteiger partial charge in [-0.2, -0.15) is 0 Å². The van der Waals surface area contributed by atoms with Crippen molar-refractivity contribution in [3.05, 3.63) is 40.2 Å². The molecule has 1 aromatic carbocycles. The van der Waals surface area contributed by atoms with Gasteiger partial charge in [0.15, 0.2) is 0 Å². The van der Waals surface area contributed by atoms with Crippen LogP contribution >= 0.6 is 0 Å². The topological polar surface area (TPSA) is 31.2 Å². The molecule has 0 atom stereocenters. The van der Waals surface area contributed by atoms with E-state index in [-0.39, 0.29) is 5.56 Å². The lowest BCUT2D eigenvalue weighted by Crippen LogP contribution is -2.23. The summed E-state index contributed by atoms with van der Waals surface area (Å²) in [5, 5.41) is 1.08. The highest BCUT2D eigenvalue weighted by Crippen LogP contribution is 2.26. The number of rotatable bonds is 3. The van der Waals surface area contributed by atoms with E-state index >= 15 is 0 Å². The van der Waals surface area contributed by atoms with Crippen LogP contribution in [-0.4, -0.2) is 11.7 Å². The molecule has 2 rings (SSSR count). The zero-order chi connectivity index (χ0) is 13.3. The summed E-state index contributed by atoms with van der Waals surface area (Å²) >= 11 is 0. The van der Waals surface area contributed by atoms with Gasteiger partial charge in [0.25, 0.3) is 5.56 Å². The third kappa shape index (κ3) is 2.13. The van der Waals surface area contributed by atoms with Crippen molar-refractivity contribution in [2.45, 2.75) is 27.3 Å². The number of benzene rings is 1. The Balaban J connectivity index is 2.86. The lowest BCUT2D eigenvalue weighted by atomic mass is 10.1. The Kier molecular flexibility index (Phi) is 3.41. The largest absolute Gasteiger partial charge is 0.495 e. The highest BCUT2D eigenvalue weighted by Gasteiger charge is 2.11. The second kappa shape index (κ2) is 4.84. The van der Waals surface area contributed by atoms with Gasteiger partial charge in [-0.05, 0) is 24.5 Å². The minimum absolute atomic E-state index is 0.0400. The number of methoxy groups -OCH3 is 1. The van der Waals surface area contributed by atoms with E-state index in [2.05, 4.69) is 13.8 Å². The number of hydrogen-bond acceptors (Lipinski definition) is 2. The minimum atomic E-state index is 0.0400. The molecule has 96 valence electrons. The third-order valence-electron chi connectivity index (χ3n) is 3.07. The van der Waals surface area contributed by atoms with Crippen molar-refractivity contribution in [1.82, 2.24) is 4.57 Å². The summed E-state index contributed by atoms with van der Waals surface area (Å²) in [5.41, 5.74) is 1.94. The SMILES string of the molecule is COc1cccc2c(C)cc(=O)n(CC(C)C)c12. The average molecular weight is 245 g/mol. The first kappa shape index (κ1) is 12.7. The minimum Gasteiger partial charge on any atom is -0.495 e. The predicted octanol–water partition coefficient (Wildman–Crippen LogP) is 2.97. The van der Waals surface area contributed by atoms with Gasteiger partial charge in [0.2, 0.25) is 0 Å². The number of aromatic nitrogens is 1. The molecule has 3 nitrogen and oxygen atoms in total. The molecule has 1 heterocycles. The molecule has 0 saturated carbocycles. The Hall–Kier alpha value is -1.77. The highest BCUT2D eigenvalue weighted by atomic mass is 16.5. The van der Waals surface area contributed by atoms with Crippen LogP contribution in [0.3, 0.4) is 0 Å². The average Bonchev–Trinajstić information content (AvgIpc) is 2.33. The van der Waals surface area contributed by atoms with Gasteiger partial charge in [-0.3, -0.25) is 4.79 Å². The molecule has 0 aliphatic heterocycles. The van der Waals surface area contributed by atoms with Gasteiger partial charge in [0, 0.05) is 18.0 Å². The molecule has 0 spiro atoms.